The number of fused-ring (bicyclic) bond motifs is 1. The van der Waals surface area contributed by atoms with E-state index in [1.807, 2.05) is 23.1 Å². The third kappa shape index (κ3) is 3.02. The van der Waals surface area contributed by atoms with Gasteiger partial charge in [0.15, 0.2) is 5.82 Å². The fourth-order valence-corrected chi connectivity index (χ4v) is 4.77. The van der Waals surface area contributed by atoms with Gasteiger partial charge < -0.3 is 10.6 Å². The number of nitrogens with two attached hydrogens (primary N) is 1. The predicted octanol–water partition coefficient (Wildman–Crippen LogP) is 2.23. The Balaban J connectivity index is 1.56. The molecule has 156 valence electrons. The largest absolute Gasteiger partial charge is 0.368 e. The second-order valence-corrected chi connectivity index (χ2v) is 8.39. The monoisotopic (exact) mass is 409 g/mol. The lowest BCUT2D eigenvalue weighted by Gasteiger charge is -2.25. The van der Waals surface area contributed by atoms with Crippen molar-refractivity contribution in [2.24, 2.45) is 11.7 Å². The number of hydrogen-bond donors (Lipinski definition) is 2. The first-order valence-electron chi connectivity index (χ1n) is 10.3. The average Bonchev–Trinajstić information content (AvgIpc) is 3.45. The first-order valence-corrected chi connectivity index (χ1v) is 10.3. The molecule has 0 aromatic carbocycles. The highest BCUT2D eigenvalue weighted by molar-refractivity contribution is 5.72. The van der Waals surface area contributed by atoms with E-state index in [0.29, 0.717) is 35.4 Å². The fourth-order valence-electron chi connectivity index (χ4n) is 4.77. The Hall–Kier alpha value is -3.00. The lowest BCUT2D eigenvalue weighted by atomic mass is 9.96. The van der Waals surface area contributed by atoms with Crippen molar-refractivity contribution in [3.8, 4) is 0 Å². The van der Waals surface area contributed by atoms with E-state index < -0.39 is 11.5 Å². The molecule has 2 aliphatic rings. The number of pyridine rings is 2. The van der Waals surface area contributed by atoms with Gasteiger partial charge in [0.05, 0.1) is 29.1 Å². The number of anilines is 1. The molecule has 30 heavy (non-hydrogen) atoms. The van der Waals surface area contributed by atoms with Gasteiger partial charge in [0.1, 0.15) is 0 Å². The molecule has 2 atom stereocenters. The summed E-state index contributed by atoms with van der Waals surface area (Å²) in [5.74, 6) is -0.201. The smallest absolute Gasteiger partial charge is 0.333 e. The van der Waals surface area contributed by atoms with Crippen molar-refractivity contribution in [1.82, 2.24) is 14.4 Å². The number of aryl methyl sites for hydroxylation is 1. The maximum atomic E-state index is 15.2. The Morgan fingerprint density at radius 2 is 2.07 bits per heavy atom. The standard InChI is InChI=1S/C22H24FN5O2/c1-12-19(27-9-7-14(10-27)18(24)16-4-2-3-8-25-16)15(23)11-28-20(12)17(13-5-6-13)21(29)26-22(28)30/h2-4,8,11,13-14,18H,5-7,9-10,24H2,1H3,(H,26,29,30). The maximum Gasteiger partial charge on any atom is 0.333 e. The average molecular weight is 409 g/mol. The lowest BCUT2D eigenvalue weighted by molar-refractivity contribution is 0.464. The van der Waals surface area contributed by atoms with Crippen LogP contribution in [-0.2, 0) is 0 Å². The van der Waals surface area contributed by atoms with Crippen LogP contribution in [0, 0.1) is 18.7 Å². The number of aromatic amines is 1. The fraction of sp³-hybridized carbons (Fsp3) is 0.409. The van der Waals surface area contributed by atoms with Crippen LogP contribution in [0.1, 0.15) is 48.0 Å². The second kappa shape index (κ2) is 7.05. The Morgan fingerprint density at radius 3 is 2.77 bits per heavy atom. The summed E-state index contributed by atoms with van der Waals surface area (Å²) in [4.78, 5) is 33.5. The van der Waals surface area contributed by atoms with E-state index in [9.17, 15) is 9.59 Å². The summed E-state index contributed by atoms with van der Waals surface area (Å²) in [6.07, 6.45) is 5.57. The highest BCUT2D eigenvalue weighted by Crippen LogP contribution is 2.42. The Bertz CT molecular complexity index is 1230. The van der Waals surface area contributed by atoms with Gasteiger partial charge in [0, 0.05) is 30.4 Å². The van der Waals surface area contributed by atoms with Crippen molar-refractivity contribution in [2.75, 3.05) is 18.0 Å². The molecular weight excluding hydrogens is 385 g/mol. The molecule has 1 saturated carbocycles. The van der Waals surface area contributed by atoms with Crippen LogP contribution in [0.2, 0.25) is 0 Å². The summed E-state index contributed by atoms with van der Waals surface area (Å²) in [6.45, 7) is 3.05. The molecular formula is C22H24FN5O2. The quantitative estimate of drug-likeness (QED) is 0.689. The molecule has 1 aliphatic heterocycles. The normalized spacial score (nSPS) is 20.1. The molecule has 3 aromatic heterocycles. The van der Waals surface area contributed by atoms with Crippen LogP contribution in [-0.4, -0.2) is 27.5 Å². The minimum absolute atomic E-state index is 0.130. The molecule has 5 rings (SSSR count). The predicted molar refractivity (Wildman–Crippen MR) is 112 cm³/mol. The minimum atomic E-state index is -0.607. The van der Waals surface area contributed by atoms with Gasteiger partial charge in [-0.2, -0.15) is 0 Å². The van der Waals surface area contributed by atoms with Gasteiger partial charge in [-0.3, -0.25) is 19.2 Å². The van der Waals surface area contributed by atoms with E-state index in [1.54, 1.807) is 13.1 Å². The van der Waals surface area contributed by atoms with Gasteiger partial charge in [0.25, 0.3) is 5.56 Å². The maximum absolute atomic E-state index is 15.2. The Kier molecular flexibility index (Phi) is 4.47. The van der Waals surface area contributed by atoms with Crippen molar-refractivity contribution in [3.63, 3.8) is 0 Å². The molecule has 2 fully saturated rings. The molecule has 0 amide bonds. The topological polar surface area (TPSA) is 96.5 Å². The lowest BCUT2D eigenvalue weighted by Crippen LogP contribution is -2.31. The third-order valence-electron chi connectivity index (χ3n) is 6.42. The molecule has 3 aromatic rings. The van der Waals surface area contributed by atoms with Gasteiger partial charge in [-0.25, -0.2) is 9.18 Å². The number of hydrogen-bond acceptors (Lipinski definition) is 5. The molecule has 4 heterocycles. The number of nitrogens with one attached hydrogen (secondary N) is 1. The van der Waals surface area contributed by atoms with Gasteiger partial charge in [0.2, 0.25) is 0 Å². The molecule has 1 aliphatic carbocycles. The zero-order valence-corrected chi connectivity index (χ0v) is 16.8. The first kappa shape index (κ1) is 19.0. The summed E-state index contributed by atoms with van der Waals surface area (Å²) < 4.78 is 16.4. The van der Waals surface area contributed by atoms with E-state index in [2.05, 4.69) is 9.97 Å². The highest BCUT2D eigenvalue weighted by atomic mass is 19.1. The van der Waals surface area contributed by atoms with Gasteiger partial charge in [-0.1, -0.05) is 6.07 Å². The van der Waals surface area contributed by atoms with Crippen molar-refractivity contribution < 1.29 is 4.39 Å². The molecule has 0 radical (unpaired) electrons. The van der Waals surface area contributed by atoms with Crippen molar-refractivity contribution >= 4 is 11.2 Å². The summed E-state index contributed by atoms with van der Waals surface area (Å²) in [5, 5.41) is 0. The van der Waals surface area contributed by atoms with E-state index in [4.69, 9.17) is 5.73 Å². The van der Waals surface area contributed by atoms with Crippen LogP contribution in [0.25, 0.3) is 5.52 Å². The van der Waals surface area contributed by atoms with Crippen molar-refractivity contribution in [2.45, 2.75) is 38.1 Å². The van der Waals surface area contributed by atoms with E-state index in [0.717, 1.165) is 25.0 Å². The number of aromatic nitrogens is 3. The third-order valence-corrected chi connectivity index (χ3v) is 6.42. The molecule has 3 N–H and O–H groups in total. The number of rotatable bonds is 4. The van der Waals surface area contributed by atoms with Crippen LogP contribution in [0.5, 0.6) is 0 Å². The van der Waals surface area contributed by atoms with Crippen LogP contribution in [0.4, 0.5) is 10.1 Å². The zero-order chi connectivity index (χ0) is 21.0. The van der Waals surface area contributed by atoms with Crippen molar-refractivity contribution in [3.05, 3.63) is 74.1 Å². The minimum Gasteiger partial charge on any atom is -0.368 e. The van der Waals surface area contributed by atoms with Gasteiger partial charge in [-0.05, 0) is 50.2 Å². The molecule has 0 bridgehead atoms. The number of nitrogens with zero attached hydrogens (tertiary/aromatic N) is 3. The highest BCUT2D eigenvalue weighted by Gasteiger charge is 2.34. The molecule has 2 unspecified atom stereocenters. The van der Waals surface area contributed by atoms with Crippen LogP contribution < -0.4 is 21.9 Å². The molecule has 8 heteroatoms. The second-order valence-electron chi connectivity index (χ2n) is 8.39. The summed E-state index contributed by atoms with van der Waals surface area (Å²) >= 11 is 0. The zero-order valence-electron chi connectivity index (χ0n) is 16.8. The Morgan fingerprint density at radius 1 is 1.27 bits per heavy atom. The number of halogens is 1. The summed E-state index contributed by atoms with van der Waals surface area (Å²) in [6, 6.07) is 5.45. The van der Waals surface area contributed by atoms with Crippen LogP contribution in [0.3, 0.4) is 0 Å². The molecule has 1 saturated heterocycles. The van der Waals surface area contributed by atoms with E-state index >= 15 is 4.39 Å². The summed E-state index contributed by atoms with van der Waals surface area (Å²) in [7, 11) is 0. The molecule has 7 nitrogen and oxygen atoms in total. The van der Waals surface area contributed by atoms with Crippen molar-refractivity contribution in [1.29, 1.82) is 0 Å². The van der Waals surface area contributed by atoms with Gasteiger partial charge >= 0.3 is 5.69 Å². The molecule has 0 spiro atoms. The van der Waals surface area contributed by atoms with Crippen LogP contribution in [0.15, 0.2) is 40.2 Å². The van der Waals surface area contributed by atoms with Gasteiger partial charge in [-0.15, -0.1) is 0 Å². The summed E-state index contributed by atoms with van der Waals surface area (Å²) in [5.41, 5.74) is 8.53. The Labute approximate surface area is 172 Å². The van der Waals surface area contributed by atoms with Crippen LogP contribution >= 0.6 is 0 Å². The SMILES string of the molecule is Cc1c(N2CCC(C(N)c3ccccn3)C2)c(F)cn2c(=O)[nH]c(=O)c(C3CC3)c12. The number of H-pyrrole nitrogens is 1. The van der Waals surface area contributed by atoms with E-state index in [-0.39, 0.29) is 23.4 Å². The first-order chi connectivity index (χ1) is 14.5. The van der Waals surface area contributed by atoms with E-state index in [1.165, 1.54) is 10.6 Å².